The minimum atomic E-state index is -0.390. The van der Waals surface area contributed by atoms with Crippen LogP contribution < -0.4 is 0 Å². The van der Waals surface area contributed by atoms with Crippen molar-refractivity contribution >= 4 is 23.4 Å². The average molecular weight is 392 g/mol. The lowest BCUT2D eigenvalue weighted by atomic mass is 9.85. The molecule has 1 unspecified atom stereocenters. The fourth-order valence-corrected chi connectivity index (χ4v) is 4.61. The lowest BCUT2D eigenvalue weighted by Gasteiger charge is -2.29. The Bertz CT molecular complexity index is 722. The first-order valence-corrected chi connectivity index (χ1v) is 10.1. The van der Waals surface area contributed by atoms with E-state index in [0.29, 0.717) is 23.7 Å². The van der Waals surface area contributed by atoms with Crippen LogP contribution in [0, 0.1) is 5.41 Å². The van der Waals surface area contributed by atoms with E-state index in [1.165, 1.54) is 0 Å². The highest BCUT2D eigenvalue weighted by Crippen LogP contribution is 2.41. The van der Waals surface area contributed by atoms with Gasteiger partial charge in [-0.25, -0.2) is 0 Å². The molecule has 1 aromatic rings. The number of ether oxygens (including phenoxy) is 1. The van der Waals surface area contributed by atoms with E-state index in [2.05, 4.69) is 4.90 Å². The number of likely N-dealkylation sites (tertiary alicyclic amines) is 2. The van der Waals surface area contributed by atoms with Crippen LogP contribution in [0.15, 0.2) is 24.3 Å². The largest absolute Gasteiger partial charge is 0.379 e. The van der Waals surface area contributed by atoms with Crippen LogP contribution in [0.5, 0.6) is 0 Å². The molecular weight excluding hydrogens is 366 g/mol. The molecule has 1 aromatic carbocycles. The van der Waals surface area contributed by atoms with Gasteiger partial charge < -0.3 is 14.5 Å². The minimum absolute atomic E-state index is 0.0334. The highest BCUT2D eigenvalue weighted by Gasteiger charge is 2.51. The zero-order valence-electron chi connectivity index (χ0n) is 15.5. The molecule has 0 aliphatic carbocycles. The lowest BCUT2D eigenvalue weighted by molar-refractivity contribution is -0.135. The third-order valence-corrected chi connectivity index (χ3v) is 6.34. The van der Waals surface area contributed by atoms with Crippen molar-refractivity contribution in [1.29, 1.82) is 0 Å². The van der Waals surface area contributed by atoms with Crippen molar-refractivity contribution in [2.45, 2.75) is 12.8 Å². The van der Waals surface area contributed by atoms with E-state index in [1.807, 2.05) is 9.80 Å². The van der Waals surface area contributed by atoms with Crippen LogP contribution >= 0.6 is 11.6 Å². The Balaban J connectivity index is 1.35. The van der Waals surface area contributed by atoms with Crippen molar-refractivity contribution in [3.63, 3.8) is 0 Å². The molecule has 2 amide bonds. The van der Waals surface area contributed by atoms with Gasteiger partial charge in [-0.1, -0.05) is 17.7 Å². The van der Waals surface area contributed by atoms with E-state index in [1.54, 1.807) is 24.3 Å². The van der Waals surface area contributed by atoms with Gasteiger partial charge in [0, 0.05) is 56.4 Å². The molecule has 6 nitrogen and oxygen atoms in total. The molecule has 7 heteroatoms. The van der Waals surface area contributed by atoms with Crippen LogP contribution in [0.2, 0.25) is 5.02 Å². The Morgan fingerprint density at radius 2 is 1.89 bits per heavy atom. The molecule has 0 bridgehead atoms. The maximum atomic E-state index is 13.1. The van der Waals surface area contributed by atoms with Crippen LogP contribution in [0.4, 0.5) is 0 Å². The molecule has 1 spiro atoms. The van der Waals surface area contributed by atoms with Crippen LogP contribution in [0.3, 0.4) is 0 Å². The van der Waals surface area contributed by atoms with Gasteiger partial charge in [-0.15, -0.1) is 0 Å². The number of nitrogens with zero attached hydrogens (tertiary/aromatic N) is 3. The fourth-order valence-electron chi connectivity index (χ4n) is 4.42. The van der Waals surface area contributed by atoms with Gasteiger partial charge in [0.2, 0.25) is 5.91 Å². The molecule has 4 rings (SSSR count). The molecular formula is C20H26ClN3O3. The van der Waals surface area contributed by atoms with Crippen molar-refractivity contribution in [3.05, 3.63) is 34.9 Å². The van der Waals surface area contributed by atoms with Crippen LogP contribution in [-0.2, 0) is 9.53 Å². The molecule has 0 N–H and O–H groups in total. The van der Waals surface area contributed by atoms with Gasteiger partial charge >= 0.3 is 0 Å². The molecule has 3 fully saturated rings. The monoisotopic (exact) mass is 391 g/mol. The van der Waals surface area contributed by atoms with Crippen molar-refractivity contribution in [1.82, 2.24) is 14.7 Å². The summed E-state index contributed by atoms with van der Waals surface area (Å²) in [5, 5.41) is 0.556. The quantitative estimate of drug-likeness (QED) is 0.784. The summed E-state index contributed by atoms with van der Waals surface area (Å²) in [6.07, 6.45) is 1.60. The molecule has 0 aromatic heterocycles. The van der Waals surface area contributed by atoms with E-state index in [9.17, 15) is 9.59 Å². The molecule has 3 aliphatic heterocycles. The summed E-state index contributed by atoms with van der Waals surface area (Å²) in [6, 6.07) is 7.02. The third-order valence-electron chi connectivity index (χ3n) is 6.10. The van der Waals surface area contributed by atoms with E-state index in [0.717, 1.165) is 58.8 Å². The Labute approximate surface area is 165 Å². The predicted octanol–water partition coefficient (Wildman–Crippen LogP) is 1.74. The highest BCUT2D eigenvalue weighted by molar-refractivity contribution is 6.30. The van der Waals surface area contributed by atoms with Crippen LogP contribution in [-0.4, -0.2) is 85.5 Å². The molecule has 0 saturated carbocycles. The van der Waals surface area contributed by atoms with Crippen molar-refractivity contribution in [3.8, 4) is 0 Å². The smallest absolute Gasteiger partial charge is 0.253 e. The third kappa shape index (κ3) is 3.84. The molecule has 1 atom stereocenters. The summed E-state index contributed by atoms with van der Waals surface area (Å²) < 4.78 is 5.38. The van der Waals surface area contributed by atoms with Gasteiger partial charge in [0.05, 0.1) is 18.6 Å². The summed E-state index contributed by atoms with van der Waals surface area (Å²) in [5.41, 5.74) is 0.202. The first-order valence-electron chi connectivity index (χ1n) is 9.72. The van der Waals surface area contributed by atoms with E-state index >= 15 is 0 Å². The number of rotatable bonds is 4. The lowest BCUT2D eigenvalue weighted by Crippen LogP contribution is -2.43. The molecule has 0 radical (unpaired) electrons. The van der Waals surface area contributed by atoms with E-state index in [-0.39, 0.29) is 17.2 Å². The first kappa shape index (κ1) is 18.7. The predicted molar refractivity (Wildman–Crippen MR) is 103 cm³/mol. The number of hydrogen-bond donors (Lipinski definition) is 0. The summed E-state index contributed by atoms with van der Waals surface area (Å²) >= 11 is 6.01. The molecule has 146 valence electrons. The Morgan fingerprint density at radius 1 is 1.11 bits per heavy atom. The number of morpholine rings is 1. The van der Waals surface area contributed by atoms with Gasteiger partial charge in [-0.05, 0) is 31.0 Å². The Hall–Kier alpha value is -1.63. The van der Waals surface area contributed by atoms with Crippen LogP contribution in [0.25, 0.3) is 0 Å². The van der Waals surface area contributed by atoms with Gasteiger partial charge in [-0.3, -0.25) is 14.5 Å². The van der Waals surface area contributed by atoms with Crippen molar-refractivity contribution in [2.24, 2.45) is 5.41 Å². The maximum absolute atomic E-state index is 13.1. The fraction of sp³-hybridized carbons (Fsp3) is 0.600. The van der Waals surface area contributed by atoms with E-state index in [4.69, 9.17) is 16.3 Å². The normalized spacial score (nSPS) is 26.3. The topological polar surface area (TPSA) is 53.1 Å². The number of carbonyl (C=O) groups excluding carboxylic acids is 2. The zero-order chi connectivity index (χ0) is 18.9. The molecule has 27 heavy (non-hydrogen) atoms. The van der Waals surface area contributed by atoms with Crippen molar-refractivity contribution < 1.29 is 14.3 Å². The second kappa shape index (κ2) is 7.78. The van der Waals surface area contributed by atoms with Gasteiger partial charge in [0.1, 0.15) is 0 Å². The summed E-state index contributed by atoms with van der Waals surface area (Å²) in [6.45, 7) is 7.04. The summed E-state index contributed by atoms with van der Waals surface area (Å²) in [4.78, 5) is 32.0. The molecule has 3 saturated heterocycles. The highest BCUT2D eigenvalue weighted by atomic mass is 35.5. The van der Waals surface area contributed by atoms with Gasteiger partial charge in [-0.2, -0.15) is 0 Å². The summed E-state index contributed by atoms with van der Waals surface area (Å²) in [5.74, 6) is 0.186. The summed E-state index contributed by atoms with van der Waals surface area (Å²) in [7, 11) is 0. The SMILES string of the molecule is O=C(c1cccc(Cl)c1)N1CCC2(CCN(CCN3CCOCC3)C2=O)C1. The second-order valence-electron chi connectivity index (χ2n) is 7.76. The zero-order valence-corrected chi connectivity index (χ0v) is 16.3. The minimum Gasteiger partial charge on any atom is -0.379 e. The Morgan fingerprint density at radius 3 is 2.67 bits per heavy atom. The molecule has 3 aliphatic rings. The van der Waals surface area contributed by atoms with E-state index < -0.39 is 0 Å². The first-order chi connectivity index (χ1) is 13.1. The Kier molecular flexibility index (Phi) is 5.39. The number of carbonyl (C=O) groups is 2. The average Bonchev–Trinajstić information content (AvgIpc) is 3.26. The number of amides is 2. The molecule has 3 heterocycles. The number of benzene rings is 1. The second-order valence-corrected chi connectivity index (χ2v) is 8.20. The van der Waals surface area contributed by atoms with Crippen LogP contribution in [0.1, 0.15) is 23.2 Å². The number of halogens is 1. The van der Waals surface area contributed by atoms with Gasteiger partial charge in [0.15, 0.2) is 0 Å². The standard InChI is InChI=1S/C20H26ClN3O3/c21-17-3-1-2-16(14-17)18(25)24-7-5-20(15-24)4-6-23(19(20)26)9-8-22-10-12-27-13-11-22/h1-3,14H,4-13,15H2. The maximum Gasteiger partial charge on any atom is 0.253 e. The van der Waals surface area contributed by atoms with Crippen molar-refractivity contribution in [2.75, 3.05) is 59.0 Å². The van der Waals surface area contributed by atoms with Gasteiger partial charge in [0.25, 0.3) is 5.91 Å². The number of hydrogen-bond acceptors (Lipinski definition) is 4.